The molecule has 0 saturated carbocycles. The maximum Gasteiger partial charge on any atom is 0.262 e. The van der Waals surface area contributed by atoms with E-state index in [0.717, 1.165) is 11.5 Å². The number of amides is 1. The van der Waals surface area contributed by atoms with Crippen LogP contribution in [0, 0.1) is 13.8 Å². The van der Waals surface area contributed by atoms with Gasteiger partial charge >= 0.3 is 0 Å². The van der Waals surface area contributed by atoms with Gasteiger partial charge in [0.1, 0.15) is 17.2 Å². The highest BCUT2D eigenvalue weighted by Gasteiger charge is 2.14. The summed E-state index contributed by atoms with van der Waals surface area (Å²) in [5.74, 6) is 0.617. The Morgan fingerprint density at radius 3 is 2.67 bits per heavy atom. The van der Waals surface area contributed by atoms with Crippen molar-refractivity contribution < 1.29 is 4.79 Å². The number of hydrogen-bond acceptors (Lipinski definition) is 5. The summed E-state index contributed by atoms with van der Waals surface area (Å²) in [6.45, 7) is 3.63. The van der Waals surface area contributed by atoms with Gasteiger partial charge in [0.05, 0.1) is 5.69 Å². The quantitative estimate of drug-likeness (QED) is 0.757. The van der Waals surface area contributed by atoms with Crippen molar-refractivity contribution in [3.63, 3.8) is 0 Å². The fourth-order valence-corrected chi connectivity index (χ4v) is 2.39. The molecule has 8 nitrogen and oxygen atoms in total. The molecule has 0 aliphatic rings. The minimum atomic E-state index is -0.506. The zero-order chi connectivity index (χ0) is 17.4. The molecule has 0 saturated heterocycles. The van der Waals surface area contributed by atoms with Gasteiger partial charge in [-0.25, -0.2) is 4.98 Å². The van der Waals surface area contributed by atoms with Gasteiger partial charge in [-0.1, -0.05) is 0 Å². The monoisotopic (exact) mass is 326 g/mol. The third-order valence-corrected chi connectivity index (χ3v) is 3.53. The number of aryl methyl sites for hydroxylation is 2. The van der Waals surface area contributed by atoms with Crippen LogP contribution in [0.15, 0.2) is 29.2 Å². The topological polar surface area (TPSA) is 95.4 Å². The Bertz CT molecular complexity index is 986. The summed E-state index contributed by atoms with van der Waals surface area (Å²) < 4.78 is 1.70. The molecule has 3 aromatic rings. The predicted octanol–water partition coefficient (Wildman–Crippen LogP) is 1.35. The number of rotatable bonds is 3. The van der Waals surface area contributed by atoms with Crippen LogP contribution in [0.25, 0.3) is 5.65 Å². The molecule has 3 aromatic heterocycles. The molecule has 0 radical (unpaired) electrons. The smallest absolute Gasteiger partial charge is 0.262 e. The summed E-state index contributed by atoms with van der Waals surface area (Å²) in [5.41, 5.74) is 1.84. The molecule has 0 fully saturated rings. The second-order valence-electron chi connectivity index (χ2n) is 5.80. The molecule has 0 aromatic carbocycles. The number of hydrogen-bond donors (Lipinski definition) is 2. The Hall–Kier alpha value is -3.16. The molecular formula is C16H18N6O2. The van der Waals surface area contributed by atoms with Gasteiger partial charge in [-0.05, 0) is 13.8 Å². The third kappa shape index (κ3) is 2.85. The van der Waals surface area contributed by atoms with Crippen molar-refractivity contribution >= 4 is 23.2 Å². The van der Waals surface area contributed by atoms with E-state index in [2.05, 4.69) is 20.4 Å². The molecule has 0 bridgehead atoms. The van der Waals surface area contributed by atoms with E-state index in [0.29, 0.717) is 17.2 Å². The van der Waals surface area contributed by atoms with Crippen LogP contribution in [-0.4, -0.2) is 39.6 Å². The number of pyridine rings is 1. The highest BCUT2D eigenvalue weighted by atomic mass is 16.2. The largest absolute Gasteiger partial charge is 0.364 e. The second kappa shape index (κ2) is 5.80. The van der Waals surface area contributed by atoms with E-state index in [-0.39, 0.29) is 11.0 Å². The number of nitrogens with zero attached hydrogens (tertiary/aromatic N) is 4. The van der Waals surface area contributed by atoms with Crippen LogP contribution in [0.2, 0.25) is 0 Å². The number of nitrogens with one attached hydrogen (secondary N) is 2. The first kappa shape index (κ1) is 15.7. The summed E-state index contributed by atoms with van der Waals surface area (Å²) in [7, 11) is 3.75. The van der Waals surface area contributed by atoms with Crippen molar-refractivity contribution in [2.24, 2.45) is 0 Å². The Morgan fingerprint density at radius 2 is 2.00 bits per heavy atom. The van der Waals surface area contributed by atoms with Crippen LogP contribution in [0.1, 0.15) is 21.7 Å². The van der Waals surface area contributed by atoms with E-state index < -0.39 is 5.91 Å². The SMILES string of the molecule is Cc1cc2nc(NC(=O)c3c[nH]c(C)cc3=O)cc(N(C)C)n2n1. The number of fused-ring (bicyclic) bond motifs is 1. The molecule has 1 amide bonds. The fourth-order valence-electron chi connectivity index (χ4n) is 2.39. The summed E-state index contributed by atoms with van der Waals surface area (Å²) in [6, 6.07) is 4.91. The first-order chi connectivity index (χ1) is 11.3. The van der Waals surface area contributed by atoms with Crippen LogP contribution in [0.4, 0.5) is 11.6 Å². The predicted molar refractivity (Wildman–Crippen MR) is 91.8 cm³/mol. The number of aromatic nitrogens is 4. The van der Waals surface area contributed by atoms with Crippen molar-refractivity contribution in [3.05, 3.63) is 51.6 Å². The first-order valence-corrected chi connectivity index (χ1v) is 7.40. The van der Waals surface area contributed by atoms with Gasteiger partial charge in [0.15, 0.2) is 11.1 Å². The zero-order valence-electron chi connectivity index (χ0n) is 13.9. The second-order valence-corrected chi connectivity index (χ2v) is 5.80. The van der Waals surface area contributed by atoms with E-state index in [1.165, 1.54) is 12.3 Å². The highest BCUT2D eigenvalue weighted by Crippen LogP contribution is 2.19. The normalized spacial score (nSPS) is 10.8. The van der Waals surface area contributed by atoms with Crippen LogP contribution in [0.3, 0.4) is 0 Å². The average Bonchev–Trinajstić information content (AvgIpc) is 2.85. The van der Waals surface area contributed by atoms with E-state index >= 15 is 0 Å². The molecule has 24 heavy (non-hydrogen) atoms. The molecular weight excluding hydrogens is 308 g/mol. The highest BCUT2D eigenvalue weighted by molar-refractivity contribution is 6.03. The maximum atomic E-state index is 12.4. The third-order valence-electron chi connectivity index (χ3n) is 3.53. The Balaban J connectivity index is 2.00. The molecule has 3 rings (SSSR count). The van der Waals surface area contributed by atoms with Gasteiger partial charge < -0.3 is 15.2 Å². The molecule has 0 aliphatic heterocycles. The van der Waals surface area contributed by atoms with Crippen LogP contribution in [-0.2, 0) is 0 Å². The van der Waals surface area contributed by atoms with Gasteiger partial charge in [0.2, 0.25) is 0 Å². The summed E-state index contributed by atoms with van der Waals surface area (Å²) in [4.78, 5) is 33.4. The minimum absolute atomic E-state index is 0.0402. The van der Waals surface area contributed by atoms with Crippen molar-refractivity contribution in [2.75, 3.05) is 24.3 Å². The van der Waals surface area contributed by atoms with Crippen LogP contribution < -0.4 is 15.6 Å². The molecule has 124 valence electrons. The number of anilines is 2. The molecule has 0 unspecified atom stereocenters. The minimum Gasteiger partial charge on any atom is -0.364 e. The van der Waals surface area contributed by atoms with Gasteiger partial charge in [0.25, 0.3) is 5.91 Å². The van der Waals surface area contributed by atoms with E-state index in [1.807, 2.05) is 32.0 Å². The van der Waals surface area contributed by atoms with E-state index in [9.17, 15) is 9.59 Å². The Morgan fingerprint density at radius 1 is 1.25 bits per heavy atom. The first-order valence-electron chi connectivity index (χ1n) is 7.40. The lowest BCUT2D eigenvalue weighted by molar-refractivity contribution is 0.102. The van der Waals surface area contributed by atoms with Gasteiger partial charge in [-0.3, -0.25) is 9.59 Å². The standard InChI is InChI=1S/C16H18N6O2/c1-9-5-12(23)11(8-17-9)16(24)19-13-7-15(21(3)4)22-14(18-13)6-10(2)20-22/h5-8H,1-4H3,(H,17,23)(H,18,19,24). The molecule has 0 spiro atoms. The Kier molecular flexibility index (Phi) is 3.80. The maximum absolute atomic E-state index is 12.4. The van der Waals surface area contributed by atoms with Gasteiger partial charge in [0, 0.05) is 44.2 Å². The van der Waals surface area contributed by atoms with E-state index in [4.69, 9.17) is 0 Å². The zero-order valence-corrected chi connectivity index (χ0v) is 13.9. The average molecular weight is 326 g/mol. The van der Waals surface area contributed by atoms with Crippen molar-refractivity contribution in [2.45, 2.75) is 13.8 Å². The Labute approximate surface area is 138 Å². The molecule has 0 aliphatic carbocycles. The molecule has 2 N–H and O–H groups in total. The lowest BCUT2D eigenvalue weighted by Crippen LogP contribution is -2.23. The number of carbonyl (C=O) groups is 1. The van der Waals surface area contributed by atoms with E-state index in [1.54, 1.807) is 17.5 Å². The lowest BCUT2D eigenvalue weighted by atomic mass is 10.2. The number of H-pyrrole nitrogens is 1. The summed E-state index contributed by atoms with van der Waals surface area (Å²) >= 11 is 0. The van der Waals surface area contributed by atoms with Crippen LogP contribution >= 0.6 is 0 Å². The number of aromatic amines is 1. The summed E-state index contributed by atoms with van der Waals surface area (Å²) in [6.07, 6.45) is 1.40. The van der Waals surface area contributed by atoms with Gasteiger partial charge in [-0.15, -0.1) is 0 Å². The number of carbonyl (C=O) groups excluding carboxylic acids is 1. The van der Waals surface area contributed by atoms with Gasteiger partial charge in [-0.2, -0.15) is 9.61 Å². The van der Waals surface area contributed by atoms with Crippen molar-refractivity contribution in [1.29, 1.82) is 0 Å². The molecule has 8 heteroatoms. The lowest BCUT2D eigenvalue weighted by Gasteiger charge is -2.15. The molecule has 3 heterocycles. The molecule has 0 atom stereocenters. The fraction of sp³-hybridized carbons (Fsp3) is 0.250. The van der Waals surface area contributed by atoms with Crippen molar-refractivity contribution in [1.82, 2.24) is 19.6 Å². The van der Waals surface area contributed by atoms with Crippen molar-refractivity contribution in [3.8, 4) is 0 Å². The van der Waals surface area contributed by atoms with Crippen LogP contribution in [0.5, 0.6) is 0 Å². The summed E-state index contributed by atoms with van der Waals surface area (Å²) in [5, 5.41) is 7.06.